The Morgan fingerprint density at radius 1 is 0.450 bits per heavy atom. The van der Waals surface area contributed by atoms with Crippen LogP contribution in [0.25, 0.3) is 0 Å². The summed E-state index contributed by atoms with van der Waals surface area (Å²) < 4.78 is 0. The van der Waals surface area contributed by atoms with Crippen LogP contribution in [0.2, 0.25) is 0 Å². The molecule has 0 bridgehead atoms. The molecule has 0 heterocycles. The molecule has 5 heteroatoms. The van der Waals surface area contributed by atoms with Crippen LogP contribution in [0.3, 0.4) is 0 Å². The molecule has 0 amide bonds. The third kappa shape index (κ3) is 4.79. The van der Waals surface area contributed by atoms with E-state index in [9.17, 15) is 22.5 Å². The Hall–Kier alpha value is 1.80. The fraction of sp³-hybridized carbons (Fsp3) is 0.943. The average molecular weight is 717 g/mol. The quantitative estimate of drug-likeness (QED) is 0.127. The number of hydrogen-bond acceptors (Lipinski definition) is 0. The second-order valence-corrected chi connectivity index (χ2v) is 31.6. The van der Waals surface area contributed by atoms with Gasteiger partial charge in [-0.15, -0.1) is 0 Å². The molecule has 6 rings (SSSR count). The zero-order valence-electron chi connectivity index (χ0n) is 26.1. The van der Waals surface area contributed by atoms with Crippen LogP contribution in [0.4, 0.5) is 0 Å². The summed E-state index contributed by atoms with van der Waals surface area (Å²) in [6.45, 7) is 4.89. The predicted molar refractivity (Wildman–Crippen MR) is 182 cm³/mol. The molecule has 0 saturated heterocycles. The van der Waals surface area contributed by atoms with Crippen LogP contribution < -0.4 is 0 Å². The standard InChI is InChI=1S/C35H62Cl2P2.Ru/c1-28(2)27-35(38(36,29-15-3-4-16-29,30-17-5-6-18-30)31-19-7-8-20-31)39(37,32-21-9-10-22-32,33-23-11-12-24-33)34-25-13-14-26-34;/h27,29-35H,3-26H2,1-2H3;/q;+2. The Labute approximate surface area is 271 Å². The van der Waals surface area contributed by atoms with Gasteiger partial charge in [-0.05, 0) is 0 Å². The first kappa shape index (κ1) is 33.2. The smallest absolute Gasteiger partial charge is 2.00 e. The van der Waals surface area contributed by atoms with E-state index in [1.54, 1.807) is 5.57 Å². The fourth-order valence-corrected chi connectivity index (χ4v) is 44.3. The second kappa shape index (κ2) is 12.9. The second-order valence-electron chi connectivity index (χ2n) is 15.9. The van der Waals surface area contributed by atoms with Gasteiger partial charge < -0.3 is 0 Å². The zero-order chi connectivity index (χ0) is 27.2. The summed E-state index contributed by atoms with van der Waals surface area (Å²) >= 11 is 18.9. The summed E-state index contributed by atoms with van der Waals surface area (Å²) in [7, 11) is 0. The van der Waals surface area contributed by atoms with Gasteiger partial charge in [0.1, 0.15) is 0 Å². The van der Waals surface area contributed by atoms with E-state index in [4.69, 9.17) is 0 Å². The SMILES string of the molecule is CC(C)=CC(P(Cl)(C1CCCC1)(C1CCCC1)C1CCCC1)P(Cl)(C1CCCC1)(C1CCCC1)C1CCCC1.[Ru+2]. The van der Waals surface area contributed by atoms with E-state index in [2.05, 4.69) is 19.9 Å². The van der Waals surface area contributed by atoms with Crippen LogP contribution in [-0.2, 0) is 19.5 Å². The van der Waals surface area contributed by atoms with Gasteiger partial charge in [-0.3, -0.25) is 0 Å². The van der Waals surface area contributed by atoms with Crippen molar-refractivity contribution >= 4 is 34.4 Å². The number of hydrogen-bond donors (Lipinski definition) is 0. The summed E-state index contributed by atoms with van der Waals surface area (Å²) in [5.74, 6) is -5.64. The Morgan fingerprint density at radius 2 is 0.625 bits per heavy atom. The largest absolute Gasteiger partial charge is 2.00 e. The van der Waals surface area contributed by atoms with E-state index in [0.29, 0.717) is 5.40 Å². The van der Waals surface area contributed by atoms with Crippen LogP contribution in [0.15, 0.2) is 11.6 Å². The molecule has 0 unspecified atom stereocenters. The fourth-order valence-electron chi connectivity index (χ4n) is 12.9. The van der Waals surface area contributed by atoms with Crippen molar-refractivity contribution < 1.29 is 19.5 Å². The first-order valence-electron chi connectivity index (χ1n) is 17.9. The summed E-state index contributed by atoms with van der Waals surface area (Å²) in [4.78, 5) is 0. The molecule has 0 spiro atoms. The molecule has 0 aromatic heterocycles. The first-order chi connectivity index (χ1) is 18.8. The predicted octanol–water partition coefficient (Wildman–Crippen LogP) is 13.3. The molecule has 6 saturated carbocycles. The summed E-state index contributed by atoms with van der Waals surface area (Å²) in [5.41, 5.74) is 6.36. The van der Waals surface area contributed by atoms with Gasteiger partial charge in [-0.1, -0.05) is 0 Å². The van der Waals surface area contributed by atoms with Crippen LogP contribution >= 0.6 is 34.4 Å². The van der Waals surface area contributed by atoms with Crippen LogP contribution in [0.1, 0.15) is 168 Å². The Kier molecular flexibility index (Phi) is 10.7. The van der Waals surface area contributed by atoms with Gasteiger partial charge in [0.25, 0.3) is 0 Å². The molecule has 0 aromatic carbocycles. The van der Waals surface area contributed by atoms with Crippen molar-refractivity contribution in [3.8, 4) is 0 Å². The maximum Gasteiger partial charge on any atom is 2.00 e. The monoisotopic (exact) mass is 716 g/mol. The molecule has 0 aliphatic heterocycles. The zero-order valence-corrected chi connectivity index (χ0v) is 31.1. The Bertz CT molecular complexity index is 728. The molecule has 0 N–H and O–H groups in total. The van der Waals surface area contributed by atoms with Gasteiger partial charge in [0, 0.05) is 0 Å². The minimum Gasteiger partial charge on any atom is 2.00 e. The summed E-state index contributed by atoms with van der Waals surface area (Å²) in [6, 6.07) is 0. The van der Waals surface area contributed by atoms with Gasteiger partial charge >= 0.3 is 273 Å². The molecular formula is C35H62Cl2P2Ru+2. The molecule has 0 nitrogen and oxygen atoms in total. The molecule has 6 aliphatic carbocycles. The van der Waals surface area contributed by atoms with E-state index in [1.165, 1.54) is 154 Å². The number of allylic oxidation sites excluding steroid dienone is 2. The maximum absolute atomic E-state index is 9.47. The van der Waals surface area contributed by atoms with Crippen LogP contribution in [0.5, 0.6) is 0 Å². The number of halogens is 2. The first-order valence-corrected chi connectivity index (χ1v) is 24.8. The molecule has 0 radical (unpaired) electrons. The third-order valence-corrected chi connectivity index (χ3v) is 39.2. The van der Waals surface area contributed by atoms with Crippen molar-refractivity contribution in [2.24, 2.45) is 0 Å². The van der Waals surface area contributed by atoms with Gasteiger partial charge in [-0.2, -0.15) is 0 Å². The molecule has 232 valence electrons. The minimum absolute atomic E-state index is 0. The molecule has 0 atom stereocenters. The van der Waals surface area contributed by atoms with Crippen molar-refractivity contribution in [2.45, 2.75) is 207 Å². The summed E-state index contributed by atoms with van der Waals surface area (Å²) in [6.07, 6.45) is 37.4. The van der Waals surface area contributed by atoms with Gasteiger partial charge in [0.15, 0.2) is 0 Å². The van der Waals surface area contributed by atoms with Crippen molar-refractivity contribution in [1.29, 1.82) is 0 Å². The van der Waals surface area contributed by atoms with Gasteiger partial charge in [0.05, 0.1) is 0 Å². The molecule has 6 aliphatic rings. The van der Waals surface area contributed by atoms with E-state index in [1.807, 2.05) is 0 Å². The van der Waals surface area contributed by atoms with Crippen molar-refractivity contribution in [1.82, 2.24) is 0 Å². The number of rotatable bonds is 9. The minimum atomic E-state index is -2.82. The van der Waals surface area contributed by atoms with Crippen molar-refractivity contribution in [2.75, 3.05) is 0 Å². The Balaban J connectivity index is 0.00000323. The third-order valence-electron chi connectivity index (χ3n) is 14.2. The molecular weight excluding hydrogens is 654 g/mol. The normalized spacial score (nSPS) is 29.8. The van der Waals surface area contributed by atoms with Crippen LogP contribution in [-0.4, -0.2) is 39.4 Å². The maximum atomic E-state index is 9.47. The topological polar surface area (TPSA) is 0 Å². The van der Waals surface area contributed by atoms with E-state index in [-0.39, 0.29) is 19.5 Å². The van der Waals surface area contributed by atoms with E-state index >= 15 is 0 Å². The van der Waals surface area contributed by atoms with Gasteiger partial charge in [-0.25, -0.2) is 0 Å². The van der Waals surface area contributed by atoms with Gasteiger partial charge in [0.2, 0.25) is 0 Å². The summed E-state index contributed by atoms with van der Waals surface area (Å²) in [5, 5.41) is 0.568. The molecule has 40 heavy (non-hydrogen) atoms. The van der Waals surface area contributed by atoms with Crippen molar-refractivity contribution in [3.63, 3.8) is 0 Å². The van der Waals surface area contributed by atoms with Crippen molar-refractivity contribution in [3.05, 3.63) is 11.6 Å². The van der Waals surface area contributed by atoms with E-state index in [0.717, 1.165) is 34.0 Å². The van der Waals surface area contributed by atoms with Crippen LogP contribution in [0, 0.1) is 0 Å². The molecule has 6 fully saturated rings. The Morgan fingerprint density at radius 3 is 0.775 bits per heavy atom. The average Bonchev–Trinajstić information content (AvgIpc) is 3.80. The van der Waals surface area contributed by atoms with E-state index < -0.39 is 11.9 Å². The molecule has 0 aromatic rings.